The van der Waals surface area contributed by atoms with E-state index in [9.17, 15) is 0 Å². The third kappa shape index (κ3) is 134. The topological polar surface area (TPSA) is 40.5 Å². The van der Waals surface area contributed by atoms with Gasteiger partial charge in [-0.05, 0) is 5.33 Å². The van der Waals surface area contributed by atoms with Crippen LogP contribution in [0.25, 0.3) is 0 Å². The van der Waals surface area contributed by atoms with E-state index in [1.165, 1.54) is 0 Å². The van der Waals surface area contributed by atoms with Crippen molar-refractivity contribution >= 4 is 15.9 Å². The van der Waals surface area contributed by atoms with Crippen molar-refractivity contribution in [1.29, 1.82) is 0 Å². The van der Waals surface area contributed by atoms with Gasteiger partial charge in [0.1, 0.15) is 0 Å². The van der Waals surface area contributed by atoms with Crippen LogP contribution in [0.1, 0.15) is 6.42 Å². The number of alkyl halides is 1. The molecule has 2 N–H and O–H groups in total. The van der Waals surface area contributed by atoms with Crippen LogP contribution in [0.2, 0.25) is 0 Å². The van der Waals surface area contributed by atoms with E-state index in [1.54, 1.807) is 0 Å². The van der Waals surface area contributed by atoms with Crippen molar-refractivity contribution in [3.63, 3.8) is 0 Å². The predicted octanol–water partition coefficient (Wildman–Crippen LogP) is 1.27. The molecule has 0 aliphatic carbocycles. The summed E-state index contributed by atoms with van der Waals surface area (Å²) in [7, 11) is 2.00. The first-order chi connectivity index (χ1) is 3.91. The van der Waals surface area contributed by atoms with Crippen LogP contribution in [-0.2, 0) is 21.7 Å². The van der Waals surface area contributed by atoms with Gasteiger partial charge in [-0.2, -0.15) is 6.42 Å². The maximum atomic E-state index is 7.00. The smallest absolute Gasteiger partial charge is 0.400 e. The Morgan fingerprint density at radius 1 is 1.20 bits per heavy atom. The molecular formula is C6H17BrO2Ti. The summed E-state index contributed by atoms with van der Waals surface area (Å²) in [6.07, 6.45) is 0.986. The normalized spacial score (nSPS) is 4.20. The molecule has 2 nitrogen and oxygen atoms in total. The van der Waals surface area contributed by atoms with E-state index in [4.69, 9.17) is 10.2 Å². The first-order valence-corrected chi connectivity index (χ1v) is 3.28. The Hall–Kier alpha value is 1.11. The third-order valence-electron chi connectivity index (χ3n) is 0.134. The van der Waals surface area contributed by atoms with Gasteiger partial charge in [0, 0.05) is 14.2 Å². The maximum Gasteiger partial charge on any atom is 2.00 e. The molecule has 0 aromatic carbocycles. The van der Waals surface area contributed by atoms with Gasteiger partial charge in [-0.1, -0.05) is 15.9 Å². The average molecular weight is 249 g/mol. The minimum atomic E-state index is 0. The van der Waals surface area contributed by atoms with Gasteiger partial charge >= 0.3 is 21.7 Å². The van der Waals surface area contributed by atoms with Crippen molar-refractivity contribution in [1.82, 2.24) is 0 Å². The van der Waals surface area contributed by atoms with Crippen LogP contribution in [0.3, 0.4) is 0 Å². The van der Waals surface area contributed by atoms with Gasteiger partial charge in [-0.25, -0.2) is 0 Å². The van der Waals surface area contributed by atoms with Crippen molar-refractivity contribution in [2.24, 2.45) is 0 Å². The summed E-state index contributed by atoms with van der Waals surface area (Å²) in [6, 6.07) is 0. The van der Waals surface area contributed by atoms with Crippen LogP contribution < -0.4 is 0 Å². The minimum Gasteiger partial charge on any atom is -0.400 e. The molecule has 0 aliphatic heterocycles. The van der Waals surface area contributed by atoms with Crippen LogP contribution in [-0.4, -0.2) is 29.8 Å². The van der Waals surface area contributed by atoms with Gasteiger partial charge in [0.15, 0.2) is 0 Å². The Morgan fingerprint density at radius 2 is 1.30 bits per heavy atom. The van der Waals surface area contributed by atoms with Crippen molar-refractivity contribution in [2.45, 2.75) is 6.42 Å². The number of rotatable bonds is 1. The molecule has 64 valence electrons. The number of halogens is 1. The summed E-state index contributed by atoms with van der Waals surface area (Å²) in [6.45, 7) is 3.56. The number of aliphatic hydroxyl groups is 2. The Kier molecular flexibility index (Phi) is 263. The summed E-state index contributed by atoms with van der Waals surface area (Å²) < 4.78 is 0. The monoisotopic (exact) mass is 248 g/mol. The predicted molar refractivity (Wildman–Crippen MR) is 46.5 cm³/mol. The van der Waals surface area contributed by atoms with E-state index < -0.39 is 0 Å². The van der Waals surface area contributed by atoms with Crippen LogP contribution in [0.15, 0.2) is 0 Å². The van der Waals surface area contributed by atoms with E-state index in [0.29, 0.717) is 0 Å². The van der Waals surface area contributed by atoms with Gasteiger partial charge in [0.25, 0.3) is 0 Å². The van der Waals surface area contributed by atoms with E-state index in [1.807, 2.05) is 0 Å². The van der Waals surface area contributed by atoms with Crippen LogP contribution in [0.4, 0.5) is 0 Å². The molecule has 0 saturated heterocycles. The second-order valence-corrected chi connectivity index (χ2v) is 1.34. The molecule has 0 aliphatic rings. The zero-order valence-corrected chi connectivity index (χ0v) is 10.0. The Labute approximate surface area is 88.0 Å². The quantitative estimate of drug-likeness (QED) is 0.417. The zero-order chi connectivity index (χ0) is 7.41. The number of aliphatic hydroxyl groups excluding tert-OH is 2. The molecule has 0 aromatic rings. The van der Waals surface area contributed by atoms with Crippen LogP contribution in [0, 0.1) is 14.4 Å². The van der Waals surface area contributed by atoms with Crippen molar-refractivity contribution < 1.29 is 31.9 Å². The molecule has 0 spiro atoms. The molecule has 0 amide bonds. The second-order valence-electron chi connectivity index (χ2n) is 0.543. The van der Waals surface area contributed by atoms with Crippen LogP contribution >= 0.6 is 15.9 Å². The fourth-order valence-electron chi connectivity index (χ4n) is 0. The number of hydrogen-bond acceptors (Lipinski definition) is 2. The SMILES string of the molecule is CO.CO.[CH2-]CCBr.[CH3-].[Ti+2]. The molecule has 0 atom stereocenters. The van der Waals surface area contributed by atoms with E-state index >= 15 is 0 Å². The first kappa shape index (κ1) is 30.4. The maximum absolute atomic E-state index is 7.00. The summed E-state index contributed by atoms with van der Waals surface area (Å²) in [5, 5.41) is 15.0. The largest absolute Gasteiger partial charge is 2.00 e. The van der Waals surface area contributed by atoms with E-state index in [0.717, 1.165) is 26.0 Å². The van der Waals surface area contributed by atoms with Crippen molar-refractivity contribution in [2.75, 3.05) is 19.5 Å². The molecule has 0 bridgehead atoms. The third-order valence-corrected chi connectivity index (χ3v) is 0.694. The molecular weight excluding hydrogens is 232 g/mol. The van der Waals surface area contributed by atoms with Gasteiger partial charge in [-0.3, -0.25) is 0 Å². The fourth-order valence-corrected chi connectivity index (χ4v) is 0. The molecule has 0 aromatic heterocycles. The minimum absolute atomic E-state index is 0. The van der Waals surface area contributed by atoms with Gasteiger partial charge in [0.2, 0.25) is 0 Å². The first-order valence-electron chi connectivity index (χ1n) is 2.16. The molecule has 0 heterocycles. The van der Waals surface area contributed by atoms with Gasteiger partial charge < -0.3 is 24.6 Å². The van der Waals surface area contributed by atoms with Gasteiger partial charge in [0.05, 0.1) is 0 Å². The van der Waals surface area contributed by atoms with Gasteiger partial charge in [-0.15, -0.1) is 0 Å². The average Bonchev–Trinajstić information content (AvgIpc) is 1.96. The molecule has 0 saturated carbocycles. The van der Waals surface area contributed by atoms with Crippen molar-refractivity contribution in [3.05, 3.63) is 14.4 Å². The fraction of sp³-hybridized carbons (Fsp3) is 0.667. The van der Waals surface area contributed by atoms with Crippen molar-refractivity contribution in [3.8, 4) is 0 Å². The Bertz CT molecular complexity index is 17.7. The second kappa shape index (κ2) is 86.6. The van der Waals surface area contributed by atoms with Crippen LogP contribution in [0.5, 0.6) is 0 Å². The Balaban J connectivity index is -0.0000000125. The molecule has 10 heavy (non-hydrogen) atoms. The summed E-state index contributed by atoms with van der Waals surface area (Å²) in [5.41, 5.74) is 0. The summed E-state index contributed by atoms with van der Waals surface area (Å²) in [5.74, 6) is 0. The van der Waals surface area contributed by atoms with E-state index in [-0.39, 0.29) is 29.1 Å². The molecule has 0 fully saturated rings. The molecule has 0 radical (unpaired) electrons. The molecule has 0 rings (SSSR count). The Morgan fingerprint density at radius 3 is 1.30 bits per heavy atom. The summed E-state index contributed by atoms with van der Waals surface area (Å²) >= 11 is 3.19. The number of hydrogen-bond donors (Lipinski definition) is 2. The molecule has 4 heteroatoms. The summed E-state index contributed by atoms with van der Waals surface area (Å²) in [4.78, 5) is 0. The van der Waals surface area contributed by atoms with E-state index in [2.05, 4.69) is 22.9 Å². The zero-order valence-electron chi connectivity index (χ0n) is 6.89. The standard InChI is InChI=1S/C3H6Br.2CH4O.CH3.Ti/c1-2-3-4;2*1-2;;/h1-3H2;2*2H,1H3;1H3;/q-1;;;-1;+2. The molecule has 0 unspecified atom stereocenters.